The van der Waals surface area contributed by atoms with E-state index in [0.29, 0.717) is 33.2 Å². The number of aliphatic carboxylic acids is 1. The minimum Gasteiger partial charge on any atom is -0.479 e. The number of carboxylic acids is 1. The van der Waals surface area contributed by atoms with E-state index in [9.17, 15) is 4.79 Å². The van der Waals surface area contributed by atoms with Crippen LogP contribution in [-0.2, 0) is 11.2 Å². The third-order valence-corrected chi connectivity index (χ3v) is 5.59. The molecule has 0 aliphatic heterocycles. The maximum Gasteiger partial charge on any atom is 0.344 e. The molecule has 0 amide bonds. The summed E-state index contributed by atoms with van der Waals surface area (Å²) < 4.78 is 17.0. The normalized spacial score (nSPS) is 12.0. The SMILES string of the molecule is CCCc1cc(Oc2cccc(Cl)c2)ccc1-c1noc2cc(Cl)c(O[C@@H](C)C(=O)O)cc12. The van der Waals surface area contributed by atoms with E-state index < -0.39 is 12.1 Å². The number of benzene rings is 3. The third kappa shape index (κ3) is 5.07. The highest BCUT2D eigenvalue weighted by Gasteiger charge is 2.20. The molecule has 0 unspecified atom stereocenters. The highest BCUT2D eigenvalue weighted by Crippen LogP contribution is 2.38. The minimum atomic E-state index is -1.09. The van der Waals surface area contributed by atoms with Crippen LogP contribution >= 0.6 is 23.2 Å². The number of aromatic nitrogens is 1. The van der Waals surface area contributed by atoms with Crippen molar-refractivity contribution in [2.75, 3.05) is 0 Å². The first kappa shape index (κ1) is 23.0. The lowest BCUT2D eigenvalue weighted by Crippen LogP contribution is -2.22. The van der Waals surface area contributed by atoms with E-state index in [0.717, 1.165) is 24.0 Å². The number of nitrogens with zero attached hydrogens (tertiary/aromatic N) is 1. The molecule has 3 aromatic carbocycles. The van der Waals surface area contributed by atoms with Crippen molar-refractivity contribution in [1.82, 2.24) is 5.16 Å². The summed E-state index contributed by atoms with van der Waals surface area (Å²) in [5.41, 5.74) is 3.01. The zero-order valence-corrected chi connectivity index (χ0v) is 19.5. The van der Waals surface area contributed by atoms with Gasteiger partial charge < -0.3 is 19.1 Å². The molecule has 33 heavy (non-hydrogen) atoms. The van der Waals surface area contributed by atoms with E-state index in [1.165, 1.54) is 6.92 Å². The lowest BCUT2D eigenvalue weighted by atomic mass is 9.98. The Morgan fingerprint density at radius 2 is 1.91 bits per heavy atom. The maximum absolute atomic E-state index is 11.2. The number of rotatable bonds is 8. The summed E-state index contributed by atoms with van der Waals surface area (Å²) in [6.45, 7) is 3.53. The molecule has 1 atom stereocenters. The number of carbonyl (C=O) groups is 1. The van der Waals surface area contributed by atoms with Gasteiger partial charge in [0, 0.05) is 16.7 Å². The molecular formula is C25H21Cl2NO5. The van der Waals surface area contributed by atoms with E-state index in [2.05, 4.69) is 12.1 Å². The molecule has 0 saturated carbocycles. The summed E-state index contributed by atoms with van der Waals surface area (Å²) >= 11 is 12.3. The minimum absolute atomic E-state index is 0.248. The van der Waals surface area contributed by atoms with Crippen LogP contribution in [0.1, 0.15) is 25.8 Å². The number of carboxylic acid groups (broad SMARTS) is 1. The van der Waals surface area contributed by atoms with E-state index in [1.54, 1.807) is 24.3 Å². The fraction of sp³-hybridized carbons (Fsp3) is 0.200. The summed E-state index contributed by atoms with van der Waals surface area (Å²) in [5.74, 6) is 0.492. The van der Waals surface area contributed by atoms with Crippen LogP contribution in [0.15, 0.2) is 59.1 Å². The Morgan fingerprint density at radius 1 is 1.12 bits per heavy atom. The van der Waals surface area contributed by atoms with Gasteiger partial charge in [-0.25, -0.2) is 4.79 Å². The summed E-state index contributed by atoms with van der Waals surface area (Å²) in [5, 5.41) is 15.0. The molecule has 170 valence electrons. The monoisotopic (exact) mass is 485 g/mol. The van der Waals surface area contributed by atoms with Crippen molar-refractivity contribution in [2.45, 2.75) is 32.8 Å². The molecule has 0 aliphatic carbocycles. The first-order valence-corrected chi connectivity index (χ1v) is 11.2. The van der Waals surface area contributed by atoms with Gasteiger partial charge in [-0.05, 0) is 61.4 Å². The van der Waals surface area contributed by atoms with Gasteiger partial charge in [0.05, 0.1) is 10.4 Å². The average Bonchev–Trinajstić information content (AvgIpc) is 3.16. The highest BCUT2D eigenvalue weighted by molar-refractivity contribution is 6.33. The molecule has 0 aliphatic rings. The van der Waals surface area contributed by atoms with Crippen LogP contribution in [-0.4, -0.2) is 22.3 Å². The van der Waals surface area contributed by atoms with Crippen molar-refractivity contribution >= 4 is 40.1 Å². The fourth-order valence-corrected chi connectivity index (χ4v) is 3.85. The molecule has 1 N–H and O–H groups in total. The van der Waals surface area contributed by atoms with Crippen LogP contribution in [0.2, 0.25) is 10.0 Å². The van der Waals surface area contributed by atoms with Gasteiger partial charge in [0.15, 0.2) is 11.7 Å². The predicted octanol–water partition coefficient (Wildman–Crippen LogP) is 7.40. The molecule has 4 rings (SSSR count). The molecule has 6 nitrogen and oxygen atoms in total. The fourth-order valence-electron chi connectivity index (χ4n) is 3.47. The van der Waals surface area contributed by atoms with Gasteiger partial charge in [-0.15, -0.1) is 0 Å². The Bertz CT molecular complexity index is 1320. The zero-order valence-electron chi connectivity index (χ0n) is 18.0. The van der Waals surface area contributed by atoms with Crippen LogP contribution in [0.5, 0.6) is 17.2 Å². The number of halogens is 2. The van der Waals surface area contributed by atoms with Crippen LogP contribution < -0.4 is 9.47 Å². The van der Waals surface area contributed by atoms with E-state index in [1.807, 2.05) is 30.3 Å². The number of aryl methyl sites for hydroxylation is 1. The quantitative estimate of drug-likeness (QED) is 0.280. The second kappa shape index (κ2) is 9.73. The lowest BCUT2D eigenvalue weighted by molar-refractivity contribution is -0.144. The second-order valence-electron chi connectivity index (χ2n) is 7.54. The molecule has 0 fully saturated rings. The molecule has 0 spiro atoms. The van der Waals surface area contributed by atoms with Crippen molar-refractivity contribution in [1.29, 1.82) is 0 Å². The number of hydrogen-bond donors (Lipinski definition) is 1. The summed E-state index contributed by atoms with van der Waals surface area (Å²) in [7, 11) is 0. The van der Waals surface area contributed by atoms with Crippen LogP contribution in [0, 0.1) is 0 Å². The predicted molar refractivity (Wildman–Crippen MR) is 128 cm³/mol. The van der Waals surface area contributed by atoms with Gasteiger partial charge in [0.2, 0.25) is 0 Å². The van der Waals surface area contributed by atoms with Crippen LogP contribution in [0.4, 0.5) is 0 Å². The Hall–Kier alpha value is -3.22. The number of fused-ring (bicyclic) bond motifs is 1. The van der Waals surface area contributed by atoms with E-state index >= 15 is 0 Å². The molecule has 8 heteroatoms. The Kier molecular flexibility index (Phi) is 6.77. The summed E-state index contributed by atoms with van der Waals surface area (Å²) in [4.78, 5) is 11.2. The maximum atomic E-state index is 11.2. The van der Waals surface area contributed by atoms with Crippen LogP contribution in [0.25, 0.3) is 22.2 Å². The van der Waals surface area contributed by atoms with Gasteiger partial charge in [0.25, 0.3) is 0 Å². The Labute approximate surface area is 200 Å². The third-order valence-electron chi connectivity index (χ3n) is 5.06. The molecule has 1 aromatic heterocycles. The first-order valence-electron chi connectivity index (χ1n) is 10.4. The average molecular weight is 486 g/mol. The van der Waals surface area contributed by atoms with Crippen molar-refractivity contribution in [3.63, 3.8) is 0 Å². The number of ether oxygens (including phenoxy) is 2. The van der Waals surface area contributed by atoms with Gasteiger partial charge in [-0.3, -0.25) is 0 Å². The molecule has 0 radical (unpaired) electrons. The smallest absolute Gasteiger partial charge is 0.344 e. The lowest BCUT2D eigenvalue weighted by Gasteiger charge is -2.13. The van der Waals surface area contributed by atoms with Gasteiger partial charge >= 0.3 is 5.97 Å². The Morgan fingerprint density at radius 3 is 2.64 bits per heavy atom. The molecular weight excluding hydrogens is 465 g/mol. The highest BCUT2D eigenvalue weighted by atomic mass is 35.5. The van der Waals surface area contributed by atoms with Gasteiger partial charge in [-0.2, -0.15) is 0 Å². The Balaban J connectivity index is 1.74. The summed E-state index contributed by atoms with van der Waals surface area (Å²) in [6, 6.07) is 16.2. The summed E-state index contributed by atoms with van der Waals surface area (Å²) in [6.07, 6.45) is 0.658. The van der Waals surface area contributed by atoms with Crippen molar-refractivity contribution in [3.8, 4) is 28.5 Å². The largest absolute Gasteiger partial charge is 0.479 e. The van der Waals surface area contributed by atoms with Gasteiger partial charge in [-0.1, -0.05) is 47.8 Å². The van der Waals surface area contributed by atoms with E-state index in [-0.39, 0.29) is 10.8 Å². The second-order valence-corrected chi connectivity index (χ2v) is 8.38. The first-order chi connectivity index (χ1) is 15.9. The molecule has 0 bridgehead atoms. The number of hydrogen-bond acceptors (Lipinski definition) is 5. The van der Waals surface area contributed by atoms with Crippen molar-refractivity contribution in [2.24, 2.45) is 0 Å². The molecule has 1 heterocycles. The zero-order chi connectivity index (χ0) is 23.5. The van der Waals surface area contributed by atoms with Crippen LogP contribution in [0.3, 0.4) is 0 Å². The molecule has 0 saturated heterocycles. The van der Waals surface area contributed by atoms with Gasteiger partial charge in [0.1, 0.15) is 22.9 Å². The van der Waals surface area contributed by atoms with Crippen molar-refractivity contribution < 1.29 is 23.9 Å². The van der Waals surface area contributed by atoms with E-state index in [4.69, 9.17) is 42.3 Å². The standard InChI is InChI=1S/C25H21Cl2NO5/c1-3-5-15-10-18(32-17-7-4-6-16(26)11-17)8-9-19(15)24-20-12-23(31-14(2)25(29)30)21(27)13-22(20)33-28-24/h4,6-14H,3,5H2,1-2H3,(H,29,30)/t14-/m0/s1. The topological polar surface area (TPSA) is 81.8 Å². The van der Waals surface area contributed by atoms with Crippen molar-refractivity contribution in [3.05, 3.63) is 70.2 Å². The molecule has 4 aromatic rings.